The summed E-state index contributed by atoms with van der Waals surface area (Å²) >= 11 is 11.3. The number of carbonyl (C=O) groups is 3. The van der Waals surface area contributed by atoms with Gasteiger partial charge in [0.25, 0.3) is 5.91 Å². The number of rotatable bonds is 4. The lowest BCUT2D eigenvalue weighted by Gasteiger charge is -2.31. The van der Waals surface area contributed by atoms with Crippen molar-refractivity contribution < 1.29 is 14.4 Å². The normalized spacial score (nSPS) is 16.5. The van der Waals surface area contributed by atoms with Gasteiger partial charge in [-0.15, -0.1) is 0 Å². The largest absolute Gasteiger partial charge is 0.321 e. The molecule has 3 rings (SSSR count). The fraction of sp³-hybridized carbons (Fsp3) is 0.174. The Bertz CT molecular complexity index is 1230. The fourth-order valence-corrected chi connectivity index (χ4v) is 3.52. The molecule has 0 unspecified atom stereocenters. The molecule has 9 heteroatoms. The number of hydrogen-bond donors (Lipinski definition) is 2. The van der Waals surface area contributed by atoms with Crippen LogP contribution in [0.3, 0.4) is 0 Å². The smallest absolute Gasteiger partial charge is 0.266 e. The zero-order valence-corrected chi connectivity index (χ0v) is 19.1. The van der Waals surface area contributed by atoms with Gasteiger partial charge in [0.2, 0.25) is 11.8 Å². The van der Waals surface area contributed by atoms with Crippen LogP contribution < -0.4 is 15.5 Å². The Morgan fingerprint density at radius 2 is 1.84 bits per heavy atom. The van der Waals surface area contributed by atoms with Crippen LogP contribution >= 0.6 is 23.8 Å². The van der Waals surface area contributed by atoms with Gasteiger partial charge in [-0.05, 0) is 80.0 Å². The summed E-state index contributed by atoms with van der Waals surface area (Å²) in [7, 11) is 0. The predicted octanol–water partition coefficient (Wildman–Crippen LogP) is 3.72. The summed E-state index contributed by atoms with van der Waals surface area (Å²) < 4.78 is 0. The van der Waals surface area contributed by atoms with Gasteiger partial charge in [0.15, 0.2) is 5.11 Å². The van der Waals surface area contributed by atoms with E-state index < -0.39 is 23.6 Å². The highest BCUT2D eigenvalue weighted by Crippen LogP contribution is 2.25. The summed E-state index contributed by atoms with van der Waals surface area (Å²) in [5.41, 5.74) is 3.28. The van der Waals surface area contributed by atoms with Gasteiger partial charge in [0.05, 0.1) is 5.69 Å². The number of halogens is 1. The Balaban J connectivity index is 1.90. The van der Waals surface area contributed by atoms with Gasteiger partial charge in [-0.2, -0.15) is 5.26 Å². The van der Waals surface area contributed by atoms with E-state index in [0.717, 1.165) is 22.8 Å². The lowest BCUT2D eigenvalue weighted by Crippen LogP contribution is -2.57. The van der Waals surface area contributed by atoms with Crippen molar-refractivity contribution in [2.24, 2.45) is 5.92 Å². The third-order valence-electron chi connectivity index (χ3n) is 5.08. The highest BCUT2D eigenvalue weighted by atomic mass is 35.5. The molecule has 1 atom stereocenters. The number of thiocarbonyl (C=S) groups is 1. The van der Waals surface area contributed by atoms with Crippen molar-refractivity contribution in [1.82, 2.24) is 5.32 Å². The van der Waals surface area contributed by atoms with E-state index in [1.807, 2.05) is 26.8 Å². The number of anilines is 2. The molecule has 2 aromatic carbocycles. The minimum absolute atomic E-state index is 0.0647. The van der Waals surface area contributed by atoms with E-state index >= 15 is 0 Å². The first kappa shape index (κ1) is 23.1. The van der Waals surface area contributed by atoms with Crippen molar-refractivity contribution in [2.45, 2.75) is 20.8 Å². The second-order valence-corrected chi connectivity index (χ2v) is 8.12. The Kier molecular flexibility index (Phi) is 6.72. The fourth-order valence-electron chi connectivity index (χ4n) is 3.05. The molecule has 1 saturated heterocycles. The lowest BCUT2D eigenvalue weighted by atomic mass is 10.00. The third-order valence-corrected chi connectivity index (χ3v) is 5.77. The average Bonchev–Trinajstić information content (AvgIpc) is 2.73. The zero-order valence-electron chi connectivity index (χ0n) is 17.5. The number of hydrogen-bond acceptors (Lipinski definition) is 5. The van der Waals surface area contributed by atoms with Crippen LogP contribution in [0, 0.1) is 38.0 Å². The second-order valence-electron chi connectivity index (χ2n) is 7.32. The molecule has 2 aromatic rings. The Morgan fingerprint density at radius 3 is 2.47 bits per heavy atom. The number of benzene rings is 2. The van der Waals surface area contributed by atoms with Gasteiger partial charge in [0, 0.05) is 10.7 Å². The minimum atomic E-state index is -1.40. The Hall–Kier alpha value is -3.54. The topological polar surface area (TPSA) is 102 Å². The van der Waals surface area contributed by atoms with E-state index in [1.165, 1.54) is 4.90 Å². The molecule has 1 heterocycles. The number of nitrogens with zero attached hydrogens (tertiary/aromatic N) is 2. The summed E-state index contributed by atoms with van der Waals surface area (Å²) in [5.74, 6) is -3.52. The van der Waals surface area contributed by atoms with Crippen LogP contribution in [0.2, 0.25) is 5.02 Å². The molecule has 2 N–H and O–H groups in total. The molecule has 0 bridgehead atoms. The minimum Gasteiger partial charge on any atom is -0.321 e. The van der Waals surface area contributed by atoms with Gasteiger partial charge in [-0.25, -0.2) is 0 Å². The summed E-state index contributed by atoms with van der Waals surface area (Å²) in [5, 5.41) is 14.9. The van der Waals surface area contributed by atoms with Crippen LogP contribution in [0.1, 0.15) is 16.7 Å². The molecule has 0 radical (unpaired) electrons. The van der Waals surface area contributed by atoms with Crippen molar-refractivity contribution in [2.75, 3.05) is 10.2 Å². The van der Waals surface area contributed by atoms with E-state index in [2.05, 4.69) is 10.6 Å². The molecule has 0 saturated carbocycles. The molecular formula is C23H19ClN4O3S. The molecule has 0 spiro atoms. The van der Waals surface area contributed by atoms with E-state index in [9.17, 15) is 19.6 Å². The highest BCUT2D eigenvalue weighted by Gasteiger charge is 2.39. The van der Waals surface area contributed by atoms with Crippen molar-refractivity contribution in [1.29, 1.82) is 5.26 Å². The predicted molar refractivity (Wildman–Crippen MR) is 126 cm³/mol. The van der Waals surface area contributed by atoms with Crippen LogP contribution in [-0.4, -0.2) is 22.8 Å². The van der Waals surface area contributed by atoms with E-state index in [1.54, 1.807) is 36.4 Å². The molecule has 0 aliphatic carbocycles. The lowest BCUT2D eigenvalue weighted by molar-refractivity contribution is -0.131. The maximum atomic E-state index is 13.1. The number of nitriles is 1. The van der Waals surface area contributed by atoms with Crippen LogP contribution in [0.4, 0.5) is 11.4 Å². The first-order valence-corrected chi connectivity index (χ1v) is 10.4. The van der Waals surface area contributed by atoms with Gasteiger partial charge >= 0.3 is 0 Å². The summed E-state index contributed by atoms with van der Waals surface area (Å²) in [6, 6.07) is 12.0. The number of amides is 3. The van der Waals surface area contributed by atoms with Crippen molar-refractivity contribution >= 4 is 58.0 Å². The molecule has 1 fully saturated rings. The van der Waals surface area contributed by atoms with Gasteiger partial charge < -0.3 is 10.6 Å². The Morgan fingerprint density at radius 1 is 1.16 bits per heavy atom. The Labute approximate surface area is 195 Å². The summed E-state index contributed by atoms with van der Waals surface area (Å²) in [4.78, 5) is 39.4. The summed E-state index contributed by atoms with van der Waals surface area (Å²) in [6.45, 7) is 5.64. The van der Waals surface area contributed by atoms with E-state index in [0.29, 0.717) is 16.4 Å². The summed E-state index contributed by atoms with van der Waals surface area (Å²) in [6.07, 6.45) is 1.04. The maximum absolute atomic E-state index is 13.1. The number of nitrogens with one attached hydrogen (secondary N) is 2. The van der Waals surface area contributed by atoms with Crippen molar-refractivity contribution in [3.8, 4) is 6.07 Å². The van der Waals surface area contributed by atoms with Crippen LogP contribution in [-0.2, 0) is 14.4 Å². The van der Waals surface area contributed by atoms with Crippen LogP contribution in [0.25, 0.3) is 0 Å². The highest BCUT2D eigenvalue weighted by molar-refractivity contribution is 7.80. The molecule has 32 heavy (non-hydrogen) atoms. The maximum Gasteiger partial charge on any atom is 0.266 e. The molecule has 0 aromatic heterocycles. The van der Waals surface area contributed by atoms with Gasteiger partial charge in [-0.1, -0.05) is 23.7 Å². The van der Waals surface area contributed by atoms with Crippen molar-refractivity contribution in [3.05, 3.63) is 69.8 Å². The van der Waals surface area contributed by atoms with E-state index in [-0.39, 0.29) is 10.7 Å². The molecule has 1 aliphatic rings. The molecule has 3 amide bonds. The zero-order chi connectivity index (χ0) is 23.6. The molecule has 7 nitrogen and oxygen atoms in total. The van der Waals surface area contributed by atoms with Gasteiger partial charge in [0.1, 0.15) is 17.6 Å². The van der Waals surface area contributed by atoms with Crippen LogP contribution in [0.15, 0.2) is 48.0 Å². The standard InChI is InChI=1S/C23H19ClN4O3S/c1-12-5-7-17(8-14(12)3)28-22(31)18(21(30)27-23(28)32)9-15(11-25)20(29)26-16-6-4-13(2)19(24)10-16/h4-10,18H,1-3H3,(H,26,29)(H,27,30,32)/b15-9+/t18-/m0/s1. The number of aryl methyl sites for hydroxylation is 3. The van der Waals surface area contributed by atoms with Crippen molar-refractivity contribution in [3.63, 3.8) is 0 Å². The first-order chi connectivity index (χ1) is 15.1. The van der Waals surface area contributed by atoms with Crippen LogP contribution in [0.5, 0.6) is 0 Å². The number of carbonyl (C=O) groups excluding carboxylic acids is 3. The third kappa shape index (κ3) is 4.69. The SMILES string of the molecule is Cc1ccc(N2C(=O)[C@@H](/C=C(\C#N)C(=O)Nc3ccc(C)c(Cl)c3)C(=O)NC2=S)cc1C. The van der Waals surface area contributed by atoms with Gasteiger partial charge in [-0.3, -0.25) is 19.3 Å². The molecule has 162 valence electrons. The van der Waals surface area contributed by atoms with E-state index in [4.69, 9.17) is 23.8 Å². The monoisotopic (exact) mass is 466 g/mol. The average molecular weight is 467 g/mol. The first-order valence-electron chi connectivity index (χ1n) is 9.58. The quantitative estimate of drug-likeness (QED) is 0.309. The second kappa shape index (κ2) is 9.30. The molecule has 1 aliphatic heterocycles. The molecular weight excluding hydrogens is 448 g/mol.